The molecule has 0 unspecified atom stereocenters. The number of methoxy groups -OCH3 is 1. The molecule has 1 aromatic carbocycles. The lowest BCUT2D eigenvalue weighted by Gasteiger charge is -2.36. The molecule has 0 bridgehead atoms. The first-order valence-corrected chi connectivity index (χ1v) is 8.23. The zero-order chi connectivity index (χ0) is 17.9. The van der Waals surface area contributed by atoms with E-state index in [2.05, 4.69) is 10.5 Å². The van der Waals surface area contributed by atoms with Gasteiger partial charge in [-0.15, -0.1) is 0 Å². The molecule has 0 aliphatic heterocycles. The number of rotatable bonds is 5. The van der Waals surface area contributed by atoms with Crippen LogP contribution >= 0.6 is 0 Å². The van der Waals surface area contributed by atoms with Gasteiger partial charge in [0, 0.05) is 13.2 Å². The summed E-state index contributed by atoms with van der Waals surface area (Å²) in [6, 6.07) is 5.99. The van der Waals surface area contributed by atoms with E-state index in [9.17, 15) is 14.3 Å². The van der Waals surface area contributed by atoms with E-state index >= 15 is 0 Å². The fourth-order valence-electron chi connectivity index (χ4n) is 3.25. The summed E-state index contributed by atoms with van der Waals surface area (Å²) in [5.41, 5.74) is 0.334. The minimum absolute atomic E-state index is 0.0633. The highest BCUT2D eigenvalue weighted by Crippen LogP contribution is 2.37. The molecule has 0 atom stereocenters. The van der Waals surface area contributed by atoms with Crippen molar-refractivity contribution in [2.45, 2.75) is 43.9 Å². The van der Waals surface area contributed by atoms with Crippen molar-refractivity contribution in [1.82, 2.24) is 10.5 Å². The van der Waals surface area contributed by atoms with Gasteiger partial charge in [-0.1, -0.05) is 17.3 Å². The number of aromatic nitrogens is 1. The number of halogens is 1. The lowest BCUT2D eigenvalue weighted by molar-refractivity contribution is -0.00828. The second-order valence-corrected chi connectivity index (χ2v) is 6.40. The average Bonchev–Trinajstić information content (AvgIpc) is 3.06. The highest BCUT2D eigenvalue weighted by Gasteiger charge is 2.35. The van der Waals surface area contributed by atoms with Gasteiger partial charge in [-0.25, -0.2) is 4.39 Å². The van der Waals surface area contributed by atoms with E-state index in [1.54, 1.807) is 12.1 Å². The SMILES string of the molecule is COCc1nocc1C(=O)NC1CCC(O)(c2cccc(F)c2)CC1. The van der Waals surface area contributed by atoms with Crippen molar-refractivity contribution < 1.29 is 23.6 Å². The maximum atomic E-state index is 13.4. The van der Waals surface area contributed by atoms with Crippen LogP contribution in [-0.4, -0.2) is 29.3 Å². The molecule has 6 nitrogen and oxygen atoms in total. The van der Waals surface area contributed by atoms with Gasteiger partial charge in [0.2, 0.25) is 0 Å². The predicted molar refractivity (Wildman–Crippen MR) is 87.2 cm³/mol. The molecule has 1 fully saturated rings. The molecule has 0 saturated heterocycles. The molecule has 1 aliphatic carbocycles. The summed E-state index contributed by atoms with van der Waals surface area (Å²) in [5.74, 6) is -0.631. The number of carbonyl (C=O) groups is 1. The number of amides is 1. The molecule has 3 rings (SSSR count). The third-order valence-electron chi connectivity index (χ3n) is 4.68. The Morgan fingerprint density at radius 1 is 1.48 bits per heavy atom. The van der Waals surface area contributed by atoms with Crippen molar-refractivity contribution in [1.29, 1.82) is 0 Å². The van der Waals surface area contributed by atoms with Crippen molar-refractivity contribution in [3.8, 4) is 0 Å². The first-order chi connectivity index (χ1) is 12.0. The maximum absolute atomic E-state index is 13.4. The van der Waals surface area contributed by atoms with Gasteiger partial charge in [0.05, 0.1) is 12.2 Å². The Labute approximate surface area is 145 Å². The third kappa shape index (κ3) is 3.88. The van der Waals surface area contributed by atoms with Gasteiger partial charge in [0.25, 0.3) is 5.91 Å². The maximum Gasteiger partial charge on any atom is 0.256 e. The van der Waals surface area contributed by atoms with E-state index in [0.29, 0.717) is 42.5 Å². The molecule has 2 N–H and O–H groups in total. The molecular formula is C18H21FN2O4. The van der Waals surface area contributed by atoms with Crippen molar-refractivity contribution in [2.24, 2.45) is 0 Å². The van der Waals surface area contributed by atoms with Crippen molar-refractivity contribution in [3.63, 3.8) is 0 Å². The molecule has 7 heteroatoms. The Bertz CT molecular complexity index is 738. The standard InChI is InChI=1S/C18H21FN2O4/c1-24-11-16-15(10-25-21-16)17(22)20-14-5-7-18(23,8-6-14)12-3-2-4-13(19)9-12/h2-4,9-10,14,23H,5-8,11H2,1H3,(H,20,22). The summed E-state index contributed by atoms with van der Waals surface area (Å²) in [6.07, 6.45) is 3.41. The Morgan fingerprint density at radius 3 is 2.92 bits per heavy atom. The van der Waals surface area contributed by atoms with Crippen LogP contribution in [0.2, 0.25) is 0 Å². The second-order valence-electron chi connectivity index (χ2n) is 6.40. The van der Waals surface area contributed by atoms with Crippen LogP contribution in [0.1, 0.15) is 47.3 Å². The summed E-state index contributed by atoms with van der Waals surface area (Å²) in [7, 11) is 1.52. The van der Waals surface area contributed by atoms with Crippen molar-refractivity contribution >= 4 is 5.91 Å². The summed E-state index contributed by atoms with van der Waals surface area (Å²) in [5, 5.41) is 17.5. The van der Waals surface area contributed by atoms with Crippen LogP contribution < -0.4 is 5.32 Å². The lowest BCUT2D eigenvalue weighted by atomic mass is 9.77. The molecule has 134 valence electrons. The van der Waals surface area contributed by atoms with Crippen molar-refractivity contribution in [3.05, 3.63) is 53.2 Å². The second kappa shape index (κ2) is 7.33. The van der Waals surface area contributed by atoms with E-state index in [0.717, 1.165) is 0 Å². The van der Waals surface area contributed by atoms with Gasteiger partial charge >= 0.3 is 0 Å². The van der Waals surface area contributed by atoms with E-state index in [1.165, 1.54) is 25.5 Å². The van der Waals surface area contributed by atoms with Gasteiger partial charge in [-0.05, 0) is 43.4 Å². The molecule has 25 heavy (non-hydrogen) atoms. The van der Waals surface area contributed by atoms with Crippen molar-refractivity contribution in [2.75, 3.05) is 7.11 Å². The number of carbonyl (C=O) groups excluding carboxylic acids is 1. The van der Waals surface area contributed by atoms with Crippen LogP contribution in [0, 0.1) is 5.82 Å². The smallest absolute Gasteiger partial charge is 0.256 e. The fourth-order valence-corrected chi connectivity index (χ4v) is 3.25. The molecule has 2 aromatic rings. The number of hydrogen-bond donors (Lipinski definition) is 2. The molecule has 1 aliphatic rings. The van der Waals surface area contributed by atoms with E-state index in [4.69, 9.17) is 9.26 Å². The van der Waals surface area contributed by atoms with Crippen LogP contribution in [0.4, 0.5) is 4.39 Å². The highest BCUT2D eigenvalue weighted by atomic mass is 19.1. The quantitative estimate of drug-likeness (QED) is 0.867. The molecule has 0 spiro atoms. The van der Waals surface area contributed by atoms with Crippen LogP contribution in [0.15, 0.2) is 35.1 Å². The summed E-state index contributed by atoms with van der Waals surface area (Å²) in [6.45, 7) is 0.198. The van der Waals surface area contributed by atoms with Gasteiger partial charge in [-0.3, -0.25) is 4.79 Å². The zero-order valence-corrected chi connectivity index (χ0v) is 14.0. The number of aliphatic hydroxyl groups is 1. The Kier molecular flexibility index (Phi) is 5.15. The number of hydrogen-bond acceptors (Lipinski definition) is 5. The zero-order valence-electron chi connectivity index (χ0n) is 14.0. The molecule has 1 amide bonds. The molecule has 1 aromatic heterocycles. The van der Waals surface area contributed by atoms with Crippen LogP contribution in [0.25, 0.3) is 0 Å². The number of nitrogens with zero attached hydrogens (tertiary/aromatic N) is 1. The Balaban J connectivity index is 1.61. The lowest BCUT2D eigenvalue weighted by Crippen LogP contribution is -2.42. The largest absolute Gasteiger partial charge is 0.385 e. The molecule has 1 saturated carbocycles. The van der Waals surface area contributed by atoms with Gasteiger partial charge < -0.3 is 19.7 Å². The molecule has 0 radical (unpaired) electrons. The van der Waals surface area contributed by atoms with Gasteiger partial charge in [0.15, 0.2) is 0 Å². The normalized spacial score (nSPS) is 23.4. The number of nitrogens with one attached hydrogen (secondary N) is 1. The Morgan fingerprint density at radius 2 is 2.24 bits per heavy atom. The minimum Gasteiger partial charge on any atom is -0.385 e. The summed E-state index contributed by atoms with van der Waals surface area (Å²) in [4.78, 5) is 12.4. The first-order valence-electron chi connectivity index (χ1n) is 8.23. The predicted octanol–water partition coefficient (Wildman–Crippen LogP) is 2.52. The topological polar surface area (TPSA) is 84.6 Å². The first kappa shape index (κ1) is 17.6. The average molecular weight is 348 g/mol. The van der Waals surface area contributed by atoms with Gasteiger partial charge in [0.1, 0.15) is 23.3 Å². The van der Waals surface area contributed by atoms with Crippen LogP contribution in [-0.2, 0) is 16.9 Å². The van der Waals surface area contributed by atoms with E-state index in [-0.39, 0.29) is 24.4 Å². The fraction of sp³-hybridized carbons (Fsp3) is 0.444. The van der Waals surface area contributed by atoms with Crippen LogP contribution in [0.3, 0.4) is 0 Å². The van der Waals surface area contributed by atoms with Crippen LogP contribution in [0.5, 0.6) is 0 Å². The minimum atomic E-state index is -1.05. The molecular weight excluding hydrogens is 327 g/mol. The monoisotopic (exact) mass is 348 g/mol. The number of ether oxygens (including phenoxy) is 1. The van der Waals surface area contributed by atoms with E-state index in [1.807, 2.05) is 0 Å². The van der Waals surface area contributed by atoms with Gasteiger partial charge in [-0.2, -0.15) is 0 Å². The third-order valence-corrected chi connectivity index (χ3v) is 4.68. The summed E-state index contributed by atoms with van der Waals surface area (Å²) < 4.78 is 23.2. The molecule has 1 heterocycles. The number of benzene rings is 1. The Hall–Kier alpha value is -2.25. The van der Waals surface area contributed by atoms with E-state index < -0.39 is 5.60 Å². The highest BCUT2D eigenvalue weighted by molar-refractivity contribution is 5.95. The summed E-state index contributed by atoms with van der Waals surface area (Å²) >= 11 is 0.